The second-order valence-electron chi connectivity index (χ2n) is 5.17. The van der Waals surface area contributed by atoms with E-state index in [1.807, 2.05) is 0 Å². The van der Waals surface area contributed by atoms with Crippen molar-refractivity contribution in [2.45, 2.75) is 70.9 Å². The molecule has 3 unspecified atom stereocenters. The van der Waals surface area contributed by atoms with Gasteiger partial charge in [0.2, 0.25) is 0 Å². The van der Waals surface area contributed by atoms with Crippen molar-refractivity contribution < 1.29 is 4.74 Å². The van der Waals surface area contributed by atoms with Crippen molar-refractivity contribution in [1.29, 1.82) is 0 Å². The normalized spacial score (nSPS) is 27.2. The lowest BCUT2D eigenvalue weighted by Crippen LogP contribution is -2.42. The molecule has 16 heavy (non-hydrogen) atoms. The van der Waals surface area contributed by atoms with Gasteiger partial charge in [0.1, 0.15) is 0 Å². The zero-order valence-corrected chi connectivity index (χ0v) is 11.3. The fourth-order valence-electron chi connectivity index (χ4n) is 2.86. The summed E-state index contributed by atoms with van der Waals surface area (Å²) in [4.78, 5) is 0. The van der Waals surface area contributed by atoms with Gasteiger partial charge in [0, 0.05) is 19.2 Å². The summed E-state index contributed by atoms with van der Waals surface area (Å²) < 4.78 is 5.26. The lowest BCUT2D eigenvalue weighted by atomic mass is 9.96. The summed E-state index contributed by atoms with van der Waals surface area (Å²) in [5.74, 6) is 0.922. The molecule has 1 aliphatic carbocycles. The summed E-state index contributed by atoms with van der Waals surface area (Å²) >= 11 is 0. The Kier molecular flexibility index (Phi) is 7.06. The van der Waals surface area contributed by atoms with Gasteiger partial charge >= 0.3 is 0 Å². The van der Waals surface area contributed by atoms with Crippen molar-refractivity contribution in [2.24, 2.45) is 5.92 Å². The maximum absolute atomic E-state index is 5.26. The minimum Gasteiger partial charge on any atom is -0.383 e. The van der Waals surface area contributed by atoms with Crippen molar-refractivity contribution in [3.63, 3.8) is 0 Å². The maximum Gasteiger partial charge on any atom is 0.0615 e. The van der Waals surface area contributed by atoms with Crippen molar-refractivity contribution in [3.05, 3.63) is 0 Å². The first-order valence-electron chi connectivity index (χ1n) is 7.06. The molecule has 0 spiro atoms. The molecule has 0 radical (unpaired) electrons. The molecule has 0 aliphatic heterocycles. The van der Waals surface area contributed by atoms with Crippen LogP contribution in [0, 0.1) is 5.92 Å². The van der Waals surface area contributed by atoms with E-state index in [9.17, 15) is 0 Å². The predicted molar refractivity (Wildman–Crippen MR) is 69.7 cm³/mol. The molecule has 0 bridgehead atoms. The molecule has 0 amide bonds. The van der Waals surface area contributed by atoms with E-state index in [0.717, 1.165) is 18.6 Å². The highest BCUT2D eigenvalue weighted by Gasteiger charge is 2.27. The molecule has 0 aromatic carbocycles. The van der Waals surface area contributed by atoms with Crippen LogP contribution in [0.5, 0.6) is 0 Å². The number of hydrogen-bond acceptors (Lipinski definition) is 2. The van der Waals surface area contributed by atoms with Crippen LogP contribution in [-0.4, -0.2) is 25.8 Å². The molecule has 2 heteroatoms. The minimum atomic E-state index is 0.553. The zero-order valence-electron chi connectivity index (χ0n) is 11.3. The number of nitrogens with one attached hydrogen (secondary N) is 1. The molecule has 0 aromatic heterocycles. The third-order valence-electron chi connectivity index (χ3n) is 3.90. The van der Waals surface area contributed by atoms with E-state index in [0.29, 0.717) is 6.04 Å². The number of rotatable bonds is 8. The number of hydrogen-bond donors (Lipinski definition) is 1. The van der Waals surface area contributed by atoms with Crippen LogP contribution in [0.1, 0.15) is 58.8 Å². The van der Waals surface area contributed by atoms with Crippen molar-refractivity contribution in [3.8, 4) is 0 Å². The largest absolute Gasteiger partial charge is 0.383 e. The van der Waals surface area contributed by atoms with Gasteiger partial charge in [0.15, 0.2) is 0 Å². The smallest absolute Gasteiger partial charge is 0.0615 e. The molecule has 1 rings (SSSR count). The van der Waals surface area contributed by atoms with Gasteiger partial charge in [-0.15, -0.1) is 0 Å². The Morgan fingerprint density at radius 2 is 2.12 bits per heavy atom. The van der Waals surface area contributed by atoms with Gasteiger partial charge in [-0.2, -0.15) is 0 Å². The molecular formula is C14H29NO. The number of unbranched alkanes of at least 4 members (excludes halogenated alkanes) is 1. The standard InChI is InChI=1S/C14H29NO/c1-4-6-8-12-9-7-10-14(12)15-13(5-2)11-16-3/h12-15H,4-11H2,1-3H3. The van der Waals surface area contributed by atoms with E-state index in [1.54, 1.807) is 7.11 Å². The molecule has 0 heterocycles. The third kappa shape index (κ3) is 4.42. The monoisotopic (exact) mass is 227 g/mol. The van der Waals surface area contributed by atoms with E-state index in [-0.39, 0.29) is 0 Å². The molecule has 2 nitrogen and oxygen atoms in total. The highest BCUT2D eigenvalue weighted by atomic mass is 16.5. The lowest BCUT2D eigenvalue weighted by molar-refractivity contribution is 0.153. The van der Waals surface area contributed by atoms with Crippen molar-refractivity contribution in [2.75, 3.05) is 13.7 Å². The first-order chi connectivity index (χ1) is 7.81. The summed E-state index contributed by atoms with van der Waals surface area (Å²) in [5, 5.41) is 3.80. The Bertz CT molecular complexity index is 172. The molecule has 1 aliphatic rings. The Hall–Kier alpha value is -0.0800. The molecule has 3 atom stereocenters. The van der Waals surface area contributed by atoms with Crippen LogP contribution in [-0.2, 0) is 4.74 Å². The highest BCUT2D eigenvalue weighted by molar-refractivity contribution is 4.85. The maximum atomic E-state index is 5.26. The number of ether oxygens (including phenoxy) is 1. The minimum absolute atomic E-state index is 0.553. The Balaban J connectivity index is 2.32. The van der Waals surface area contributed by atoms with E-state index in [1.165, 1.54) is 44.9 Å². The topological polar surface area (TPSA) is 21.3 Å². The van der Waals surface area contributed by atoms with E-state index in [4.69, 9.17) is 4.74 Å². The van der Waals surface area contributed by atoms with Crippen molar-refractivity contribution in [1.82, 2.24) is 5.32 Å². The first-order valence-corrected chi connectivity index (χ1v) is 7.06. The summed E-state index contributed by atoms with van der Waals surface area (Å²) in [6, 6.07) is 1.31. The summed E-state index contributed by atoms with van der Waals surface area (Å²) in [6.07, 6.45) is 9.52. The fourth-order valence-corrected chi connectivity index (χ4v) is 2.86. The summed E-state index contributed by atoms with van der Waals surface area (Å²) in [7, 11) is 1.80. The first kappa shape index (κ1) is 14.0. The molecular weight excluding hydrogens is 198 g/mol. The van der Waals surface area contributed by atoms with Crippen LogP contribution in [0.3, 0.4) is 0 Å². The lowest BCUT2D eigenvalue weighted by Gasteiger charge is -2.26. The van der Waals surface area contributed by atoms with Crippen LogP contribution in [0.2, 0.25) is 0 Å². The fraction of sp³-hybridized carbons (Fsp3) is 1.00. The quantitative estimate of drug-likeness (QED) is 0.686. The highest BCUT2D eigenvalue weighted by Crippen LogP contribution is 2.30. The van der Waals surface area contributed by atoms with Gasteiger partial charge in [-0.25, -0.2) is 0 Å². The summed E-state index contributed by atoms with van der Waals surface area (Å²) in [6.45, 7) is 5.39. The van der Waals surface area contributed by atoms with Crippen LogP contribution >= 0.6 is 0 Å². The van der Waals surface area contributed by atoms with E-state index < -0.39 is 0 Å². The SMILES string of the molecule is CCCCC1CCCC1NC(CC)COC. The Morgan fingerprint density at radius 3 is 2.75 bits per heavy atom. The zero-order chi connectivity index (χ0) is 11.8. The van der Waals surface area contributed by atoms with Gasteiger partial charge < -0.3 is 10.1 Å². The van der Waals surface area contributed by atoms with E-state index in [2.05, 4.69) is 19.2 Å². The summed E-state index contributed by atoms with van der Waals surface area (Å²) in [5.41, 5.74) is 0. The second kappa shape index (κ2) is 8.08. The predicted octanol–water partition coefficient (Wildman–Crippen LogP) is 3.36. The van der Waals surface area contributed by atoms with Gasteiger partial charge in [0.05, 0.1) is 6.61 Å². The van der Waals surface area contributed by atoms with E-state index >= 15 is 0 Å². The molecule has 96 valence electrons. The number of methoxy groups -OCH3 is 1. The van der Waals surface area contributed by atoms with Crippen LogP contribution in [0.25, 0.3) is 0 Å². The molecule has 0 saturated heterocycles. The average molecular weight is 227 g/mol. The van der Waals surface area contributed by atoms with Gasteiger partial charge in [-0.1, -0.05) is 33.1 Å². The molecule has 1 saturated carbocycles. The molecule has 0 aromatic rings. The average Bonchev–Trinajstić information content (AvgIpc) is 2.73. The Labute approximate surface area is 101 Å². The molecule has 1 fully saturated rings. The second-order valence-corrected chi connectivity index (χ2v) is 5.17. The van der Waals surface area contributed by atoms with Gasteiger partial charge in [-0.3, -0.25) is 0 Å². The van der Waals surface area contributed by atoms with Crippen molar-refractivity contribution >= 4 is 0 Å². The van der Waals surface area contributed by atoms with Crippen LogP contribution in [0.15, 0.2) is 0 Å². The van der Waals surface area contributed by atoms with Crippen LogP contribution < -0.4 is 5.32 Å². The Morgan fingerprint density at radius 1 is 1.31 bits per heavy atom. The third-order valence-corrected chi connectivity index (χ3v) is 3.90. The van der Waals surface area contributed by atoms with Crippen LogP contribution in [0.4, 0.5) is 0 Å². The molecule has 1 N–H and O–H groups in total. The van der Waals surface area contributed by atoms with Gasteiger partial charge in [0.25, 0.3) is 0 Å². The van der Waals surface area contributed by atoms with Gasteiger partial charge in [-0.05, 0) is 31.6 Å².